The third kappa shape index (κ3) is 3.85. The van der Waals surface area contributed by atoms with Gasteiger partial charge in [0.2, 0.25) is 0 Å². The molecule has 0 bridgehead atoms. The summed E-state index contributed by atoms with van der Waals surface area (Å²) in [5.74, 6) is -0.906. The molecule has 2 aromatic carbocycles. The summed E-state index contributed by atoms with van der Waals surface area (Å²) in [5.41, 5.74) is 7.42. The Labute approximate surface area is 180 Å². The number of aromatic nitrogens is 1. The lowest BCUT2D eigenvalue weighted by atomic mass is 10.1. The molecule has 1 aromatic heterocycles. The highest BCUT2D eigenvalue weighted by Gasteiger charge is 2.17. The lowest BCUT2D eigenvalue weighted by molar-refractivity contribution is -0.112. The van der Waals surface area contributed by atoms with Crippen LogP contribution in [-0.2, 0) is 4.79 Å². The van der Waals surface area contributed by atoms with E-state index in [2.05, 4.69) is 0 Å². The Balaban J connectivity index is 2.54. The molecular weight excluding hydrogens is 429 g/mol. The van der Waals surface area contributed by atoms with E-state index in [1.807, 2.05) is 38.1 Å². The van der Waals surface area contributed by atoms with Gasteiger partial charge in [0.15, 0.2) is 5.57 Å². The molecule has 0 saturated carbocycles. The van der Waals surface area contributed by atoms with Gasteiger partial charge in [0, 0.05) is 15.6 Å². The minimum Gasteiger partial charge on any atom is -0.365 e. The van der Waals surface area contributed by atoms with E-state index in [-0.39, 0.29) is 14.8 Å². The molecule has 2 N–H and O–H groups in total. The molecular formula is C21H15Cl2N3O2S. The smallest absolute Gasteiger partial charge is 0.273 e. The maximum absolute atomic E-state index is 13.3. The average molecular weight is 444 g/mol. The predicted molar refractivity (Wildman–Crippen MR) is 117 cm³/mol. The van der Waals surface area contributed by atoms with Crippen molar-refractivity contribution < 1.29 is 4.79 Å². The number of hydrogen-bond acceptors (Lipinski definition) is 4. The number of thiazole rings is 1. The summed E-state index contributed by atoms with van der Waals surface area (Å²) in [6.07, 6.45) is 1.56. The highest BCUT2D eigenvalue weighted by atomic mass is 35.5. The Morgan fingerprint density at radius 2 is 1.69 bits per heavy atom. The van der Waals surface area contributed by atoms with Gasteiger partial charge < -0.3 is 5.73 Å². The molecule has 0 saturated heterocycles. The van der Waals surface area contributed by atoms with E-state index < -0.39 is 11.5 Å². The number of benzene rings is 2. The van der Waals surface area contributed by atoms with Crippen LogP contribution in [0.5, 0.6) is 0 Å². The summed E-state index contributed by atoms with van der Waals surface area (Å²) in [6, 6.07) is 12.4. The third-order valence-electron chi connectivity index (χ3n) is 4.33. The average Bonchev–Trinajstić information content (AvgIpc) is 2.95. The largest absolute Gasteiger partial charge is 0.365 e. The fraction of sp³-hybridized carbons (Fsp3) is 0.0952. The number of nitrogens with zero attached hydrogens (tertiary/aromatic N) is 2. The van der Waals surface area contributed by atoms with E-state index in [4.69, 9.17) is 28.9 Å². The van der Waals surface area contributed by atoms with Gasteiger partial charge in [-0.2, -0.15) is 5.26 Å². The van der Waals surface area contributed by atoms with E-state index in [9.17, 15) is 14.9 Å². The quantitative estimate of drug-likeness (QED) is 0.674. The monoisotopic (exact) mass is 443 g/mol. The van der Waals surface area contributed by atoms with Crippen molar-refractivity contribution in [3.63, 3.8) is 0 Å². The summed E-state index contributed by atoms with van der Waals surface area (Å²) in [7, 11) is 0. The van der Waals surface area contributed by atoms with Crippen molar-refractivity contribution in [2.45, 2.75) is 13.8 Å². The lowest BCUT2D eigenvalue weighted by Gasteiger charge is -2.10. The van der Waals surface area contributed by atoms with Crippen LogP contribution in [0.2, 0.25) is 10.0 Å². The highest BCUT2D eigenvalue weighted by molar-refractivity contribution is 7.07. The lowest BCUT2D eigenvalue weighted by Crippen LogP contribution is -2.33. The first-order valence-corrected chi connectivity index (χ1v) is 10.0. The first-order valence-electron chi connectivity index (χ1n) is 8.44. The van der Waals surface area contributed by atoms with Crippen molar-refractivity contribution >= 4 is 52.1 Å². The molecule has 8 heteroatoms. The van der Waals surface area contributed by atoms with Gasteiger partial charge in [-0.1, -0.05) is 47.5 Å². The van der Waals surface area contributed by atoms with Gasteiger partial charge in [-0.25, -0.2) is 0 Å². The maximum Gasteiger partial charge on any atom is 0.273 e. The summed E-state index contributed by atoms with van der Waals surface area (Å²) in [5, 5.41) is 10.2. The Bertz CT molecular complexity index is 1320. The number of nitriles is 1. The molecule has 29 heavy (non-hydrogen) atoms. The summed E-state index contributed by atoms with van der Waals surface area (Å²) in [6.45, 7) is 3.70. The number of halogens is 2. The van der Waals surface area contributed by atoms with E-state index in [1.54, 1.807) is 24.3 Å². The molecule has 3 aromatic rings. The number of para-hydroxylation sites is 1. The van der Waals surface area contributed by atoms with Crippen LogP contribution in [0.3, 0.4) is 0 Å². The van der Waals surface area contributed by atoms with Crippen LogP contribution < -0.4 is 20.5 Å². The van der Waals surface area contributed by atoms with Gasteiger partial charge in [-0.15, -0.1) is 11.3 Å². The van der Waals surface area contributed by atoms with Crippen molar-refractivity contribution in [3.8, 4) is 11.8 Å². The Morgan fingerprint density at radius 1 is 1.14 bits per heavy atom. The molecule has 5 nitrogen and oxygen atoms in total. The molecule has 0 fully saturated rings. The molecule has 0 radical (unpaired) electrons. The molecule has 0 aliphatic heterocycles. The minimum atomic E-state index is -0.906. The molecule has 3 rings (SSSR count). The molecule has 0 spiro atoms. The summed E-state index contributed by atoms with van der Waals surface area (Å²) >= 11 is 13.5. The summed E-state index contributed by atoms with van der Waals surface area (Å²) in [4.78, 5) is 25.2. The van der Waals surface area contributed by atoms with Crippen LogP contribution in [0, 0.1) is 25.2 Å². The number of aryl methyl sites for hydroxylation is 2. The third-order valence-corrected chi connectivity index (χ3v) is 6.09. The number of amides is 1. The first kappa shape index (κ1) is 20.9. The van der Waals surface area contributed by atoms with Gasteiger partial charge in [-0.3, -0.25) is 14.2 Å². The fourth-order valence-electron chi connectivity index (χ4n) is 3.00. The van der Waals surface area contributed by atoms with Crippen molar-refractivity contribution in [1.29, 1.82) is 5.26 Å². The molecule has 0 aliphatic carbocycles. The van der Waals surface area contributed by atoms with E-state index in [1.165, 1.54) is 4.57 Å². The van der Waals surface area contributed by atoms with Gasteiger partial charge in [-0.05, 0) is 43.2 Å². The van der Waals surface area contributed by atoms with Crippen LogP contribution in [0.25, 0.3) is 17.3 Å². The number of rotatable bonds is 3. The second-order valence-corrected chi connectivity index (χ2v) is 8.13. The van der Waals surface area contributed by atoms with Crippen LogP contribution in [0.1, 0.15) is 16.7 Å². The second kappa shape index (κ2) is 8.26. The van der Waals surface area contributed by atoms with Crippen molar-refractivity contribution in [2.75, 3.05) is 0 Å². The predicted octanol–water partition coefficient (Wildman–Crippen LogP) is 2.81. The fourth-order valence-corrected chi connectivity index (χ4v) is 4.58. The van der Waals surface area contributed by atoms with Gasteiger partial charge in [0.25, 0.3) is 11.5 Å². The first-order chi connectivity index (χ1) is 13.8. The molecule has 146 valence electrons. The number of carbonyl (C=O) groups excluding carboxylic acids is 1. The Hall–Kier alpha value is -2.85. The second-order valence-electron chi connectivity index (χ2n) is 6.28. The minimum absolute atomic E-state index is 0.164. The molecule has 1 amide bonds. The van der Waals surface area contributed by atoms with Gasteiger partial charge in [0.05, 0.1) is 10.2 Å². The van der Waals surface area contributed by atoms with E-state index in [0.717, 1.165) is 22.5 Å². The topological polar surface area (TPSA) is 88.9 Å². The van der Waals surface area contributed by atoms with Gasteiger partial charge in [0.1, 0.15) is 10.7 Å². The molecule has 0 aliphatic rings. The Morgan fingerprint density at radius 3 is 2.21 bits per heavy atom. The Kier molecular flexibility index (Phi) is 5.94. The molecule has 0 atom stereocenters. The zero-order valence-electron chi connectivity index (χ0n) is 15.5. The molecule has 0 unspecified atom stereocenters. The number of hydrogen-bond donors (Lipinski definition) is 1. The van der Waals surface area contributed by atoms with Crippen LogP contribution in [0.15, 0.2) is 41.2 Å². The molecule has 1 heterocycles. The normalized spacial score (nSPS) is 12.6. The van der Waals surface area contributed by atoms with Crippen molar-refractivity contribution in [1.82, 2.24) is 4.57 Å². The van der Waals surface area contributed by atoms with Crippen LogP contribution >= 0.6 is 34.5 Å². The van der Waals surface area contributed by atoms with Crippen molar-refractivity contribution in [3.05, 3.63) is 82.7 Å². The van der Waals surface area contributed by atoms with Crippen LogP contribution in [0.4, 0.5) is 0 Å². The zero-order chi connectivity index (χ0) is 21.3. The van der Waals surface area contributed by atoms with Crippen molar-refractivity contribution in [2.24, 2.45) is 5.73 Å². The number of nitrogens with two attached hydrogens (primary N) is 1. The van der Waals surface area contributed by atoms with E-state index >= 15 is 0 Å². The number of primary amides is 1. The SMILES string of the molecule is Cc1cccc(C)c1-n1c(=O)/c(=C\c2c(Cl)cccc2Cl)s/c1=C(/C#N)C(N)=O. The number of carbonyl (C=O) groups is 1. The van der Waals surface area contributed by atoms with E-state index in [0.29, 0.717) is 21.3 Å². The standard InChI is InChI=1S/C21H15Cl2N3O2S/c1-11-5-3-6-12(2)18(11)26-20(28)17(29-21(26)14(10-24)19(25)27)9-13-15(22)7-4-8-16(13)23/h3-9H,1-2H3,(H2,25,27)/b17-9+,21-14-. The van der Waals surface area contributed by atoms with Crippen LogP contribution in [-0.4, -0.2) is 10.5 Å². The maximum atomic E-state index is 13.3. The zero-order valence-corrected chi connectivity index (χ0v) is 17.8. The van der Waals surface area contributed by atoms with Gasteiger partial charge >= 0.3 is 0 Å². The highest BCUT2D eigenvalue weighted by Crippen LogP contribution is 2.24. The summed E-state index contributed by atoms with van der Waals surface area (Å²) < 4.78 is 1.79.